The molecule has 1 aromatic rings. The van der Waals surface area contributed by atoms with Crippen molar-refractivity contribution >= 4 is 11.3 Å². The van der Waals surface area contributed by atoms with Gasteiger partial charge in [0.1, 0.15) is 0 Å². The Hall–Kier alpha value is -0.420. The average Bonchev–Trinajstić information content (AvgIpc) is 2.74. The summed E-state index contributed by atoms with van der Waals surface area (Å²) in [5.41, 5.74) is 7.28. The lowest BCUT2D eigenvalue weighted by atomic mass is 10.1. The minimum absolute atomic E-state index is 0.127. The van der Waals surface area contributed by atoms with E-state index >= 15 is 0 Å². The van der Waals surface area contributed by atoms with Crippen LogP contribution in [0.1, 0.15) is 12.0 Å². The van der Waals surface area contributed by atoms with E-state index < -0.39 is 0 Å². The highest BCUT2D eigenvalue weighted by Crippen LogP contribution is 2.09. The van der Waals surface area contributed by atoms with E-state index in [4.69, 9.17) is 15.2 Å². The first kappa shape index (κ1) is 12.6. The number of nitrogens with two attached hydrogens (primary N) is 1. The van der Waals surface area contributed by atoms with E-state index in [9.17, 15) is 0 Å². The molecule has 1 rings (SSSR count). The second kappa shape index (κ2) is 7.82. The molecule has 0 fully saturated rings. The van der Waals surface area contributed by atoms with Crippen LogP contribution in [0.5, 0.6) is 0 Å². The van der Waals surface area contributed by atoms with Crippen molar-refractivity contribution in [2.75, 3.05) is 26.9 Å². The van der Waals surface area contributed by atoms with E-state index in [-0.39, 0.29) is 6.04 Å². The van der Waals surface area contributed by atoms with Gasteiger partial charge in [-0.1, -0.05) is 0 Å². The second-order valence-electron chi connectivity index (χ2n) is 3.50. The Labute approximate surface area is 95.2 Å². The van der Waals surface area contributed by atoms with E-state index in [1.54, 1.807) is 18.4 Å². The normalized spacial score (nSPS) is 12.9. The molecule has 1 atom stereocenters. The largest absolute Gasteiger partial charge is 0.382 e. The fraction of sp³-hybridized carbons (Fsp3) is 0.636. The van der Waals surface area contributed by atoms with Crippen molar-refractivity contribution in [1.29, 1.82) is 0 Å². The van der Waals surface area contributed by atoms with Crippen LogP contribution in [0.2, 0.25) is 0 Å². The van der Waals surface area contributed by atoms with E-state index in [1.807, 2.05) is 0 Å². The Kier molecular flexibility index (Phi) is 6.59. The molecule has 0 aromatic carbocycles. The SMILES string of the molecule is COCCOCC(N)CCc1ccsc1. The summed E-state index contributed by atoms with van der Waals surface area (Å²) in [5.74, 6) is 0. The zero-order chi connectivity index (χ0) is 10.9. The number of rotatable bonds is 8. The predicted molar refractivity (Wildman–Crippen MR) is 63.3 cm³/mol. The smallest absolute Gasteiger partial charge is 0.0701 e. The standard InChI is InChI=1S/C11H19NO2S/c1-13-5-6-14-8-11(12)3-2-10-4-7-15-9-10/h4,7,9,11H,2-3,5-6,8,12H2,1H3. The van der Waals surface area contributed by atoms with Crippen molar-refractivity contribution < 1.29 is 9.47 Å². The molecule has 0 bridgehead atoms. The van der Waals surface area contributed by atoms with Gasteiger partial charge >= 0.3 is 0 Å². The van der Waals surface area contributed by atoms with Gasteiger partial charge in [0.05, 0.1) is 19.8 Å². The molecule has 2 N–H and O–H groups in total. The third-order valence-corrected chi connectivity index (χ3v) is 2.88. The minimum Gasteiger partial charge on any atom is -0.382 e. The van der Waals surface area contributed by atoms with Crippen LogP contribution in [-0.2, 0) is 15.9 Å². The Bertz CT molecular complexity index is 239. The van der Waals surface area contributed by atoms with Crippen molar-refractivity contribution in [3.05, 3.63) is 22.4 Å². The molecule has 4 heteroatoms. The highest BCUT2D eigenvalue weighted by Gasteiger charge is 2.03. The zero-order valence-corrected chi connectivity index (χ0v) is 9.96. The molecule has 1 unspecified atom stereocenters. The van der Waals surface area contributed by atoms with Crippen molar-refractivity contribution in [2.24, 2.45) is 5.73 Å². The van der Waals surface area contributed by atoms with Crippen LogP contribution in [0.25, 0.3) is 0 Å². The van der Waals surface area contributed by atoms with Crippen LogP contribution in [0, 0.1) is 0 Å². The van der Waals surface area contributed by atoms with E-state index in [0.29, 0.717) is 19.8 Å². The van der Waals surface area contributed by atoms with Crippen LogP contribution >= 0.6 is 11.3 Å². The summed E-state index contributed by atoms with van der Waals surface area (Å²) in [7, 11) is 1.67. The predicted octanol–water partition coefficient (Wildman–Crippen LogP) is 1.67. The maximum absolute atomic E-state index is 5.91. The van der Waals surface area contributed by atoms with Gasteiger partial charge in [-0.3, -0.25) is 0 Å². The van der Waals surface area contributed by atoms with Gasteiger partial charge in [0.25, 0.3) is 0 Å². The molecule has 86 valence electrons. The van der Waals surface area contributed by atoms with Gasteiger partial charge in [-0.05, 0) is 35.2 Å². The first-order chi connectivity index (χ1) is 7.33. The van der Waals surface area contributed by atoms with Gasteiger partial charge in [0.2, 0.25) is 0 Å². The summed E-state index contributed by atoms with van der Waals surface area (Å²) in [6.45, 7) is 1.88. The lowest BCUT2D eigenvalue weighted by Gasteiger charge is -2.11. The molecular weight excluding hydrogens is 210 g/mol. The summed E-state index contributed by atoms with van der Waals surface area (Å²) < 4.78 is 10.2. The summed E-state index contributed by atoms with van der Waals surface area (Å²) in [5, 5.41) is 4.26. The second-order valence-corrected chi connectivity index (χ2v) is 4.28. The molecule has 1 heterocycles. The highest BCUT2D eigenvalue weighted by molar-refractivity contribution is 7.07. The number of ether oxygens (including phenoxy) is 2. The van der Waals surface area contributed by atoms with Gasteiger partial charge in [-0.15, -0.1) is 0 Å². The van der Waals surface area contributed by atoms with Crippen LogP contribution in [0.4, 0.5) is 0 Å². The van der Waals surface area contributed by atoms with E-state index in [2.05, 4.69) is 16.8 Å². The number of thiophene rings is 1. The number of methoxy groups -OCH3 is 1. The molecule has 0 aliphatic heterocycles. The highest BCUT2D eigenvalue weighted by atomic mass is 32.1. The first-order valence-corrected chi connectivity index (χ1v) is 6.10. The van der Waals surface area contributed by atoms with Crippen LogP contribution in [0.3, 0.4) is 0 Å². The number of aryl methyl sites for hydroxylation is 1. The Morgan fingerprint density at radius 1 is 1.47 bits per heavy atom. The summed E-state index contributed by atoms with van der Waals surface area (Å²) in [4.78, 5) is 0. The molecule has 0 amide bonds. The lowest BCUT2D eigenvalue weighted by Crippen LogP contribution is -2.27. The molecule has 0 aliphatic carbocycles. The molecule has 0 saturated heterocycles. The van der Waals surface area contributed by atoms with Gasteiger partial charge in [-0.25, -0.2) is 0 Å². The van der Waals surface area contributed by atoms with Crippen LogP contribution in [0.15, 0.2) is 16.8 Å². The third-order valence-electron chi connectivity index (χ3n) is 2.15. The summed E-state index contributed by atoms with van der Waals surface area (Å²) >= 11 is 1.73. The molecule has 1 aromatic heterocycles. The molecule has 0 saturated carbocycles. The quantitative estimate of drug-likeness (QED) is 0.690. The van der Waals surface area contributed by atoms with Gasteiger partial charge in [0.15, 0.2) is 0 Å². The molecule has 0 spiro atoms. The fourth-order valence-corrected chi connectivity index (χ4v) is 1.95. The monoisotopic (exact) mass is 229 g/mol. The van der Waals surface area contributed by atoms with E-state index in [1.165, 1.54) is 5.56 Å². The van der Waals surface area contributed by atoms with E-state index in [0.717, 1.165) is 12.8 Å². The summed E-state index contributed by atoms with van der Waals surface area (Å²) in [6.07, 6.45) is 2.02. The van der Waals surface area contributed by atoms with Gasteiger partial charge in [-0.2, -0.15) is 11.3 Å². The van der Waals surface area contributed by atoms with Crippen molar-refractivity contribution in [3.63, 3.8) is 0 Å². The molecule has 0 aliphatic rings. The lowest BCUT2D eigenvalue weighted by molar-refractivity contribution is 0.0627. The Morgan fingerprint density at radius 2 is 2.33 bits per heavy atom. The number of hydrogen-bond acceptors (Lipinski definition) is 4. The Morgan fingerprint density at radius 3 is 3.00 bits per heavy atom. The molecule has 3 nitrogen and oxygen atoms in total. The van der Waals surface area contributed by atoms with Gasteiger partial charge < -0.3 is 15.2 Å². The van der Waals surface area contributed by atoms with Crippen LogP contribution < -0.4 is 5.73 Å². The topological polar surface area (TPSA) is 44.5 Å². The maximum atomic E-state index is 5.91. The van der Waals surface area contributed by atoms with Crippen molar-refractivity contribution in [1.82, 2.24) is 0 Å². The molecule has 0 radical (unpaired) electrons. The van der Waals surface area contributed by atoms with Crippen molar-refractivity contribution in [3.8, 4) is 0 Å². The average molecular weight is 229 g/mol. The minimum atomic E-state index is 0.127. The molecular formula is C11H19NO2S. The third kappa shape index (κ3) is 5.89. The summed E-state index contributed by atoms with van der Waals surface area (Å²) in [6, 6.07) is 2.27. The van der Waals surface area contributed by atoms with Gasteiger partial charge in [0, 0.05) is 13.2 Å². The molecule has 15 heavy (non-hydrogen) atoms. The number of hydrogen-bond donors (Lipinski definition) is 1. The Balaban J connectivity index is 2.01. The fourth-order valence-electron chi connectivity index (χ4n) is 1.25. The first-order valence-electron chi connectivity index (χ1n) is 5.16. The van der Waals surface area contributed by atoms with Crippen molar-refractivity contribution in [2.45, 2.75) is 18.9 Å². The van der Waals surface area contributed by atoms with Crippen LogP contribution in [-0.4, -0.2) is 33.0 Å². The zero-order valence-electron chi connectivity index (χ0n) is 9.15. The maximum Gasteiger partial charge on any atom is 0.0701 e.